The van der Waals surface area contributed by atoms with Crippen LogP contribution in [-0.4, -0.2) is 11.5 Å². The maximum Gasteiger partial charge on any atom is 0.142 e. The summed E-state index contributed by atoms with van der Waals surface area (Å²) < 4.78 is 13.8. The molecule has 2 atom stereocenters. The van der Waals surface area contributed by atoms with Crippen molar-refractivity contribution in [1.82, 2.24) is 10.3 Å². The zero-order chi connectivity index (χ0) is 15.2. The lowest BCUT2D eigenvalue weighted by atomic mass is 9.89. The van der Waals surface area contributed by atoms with Crippen LogP contribution < -0.4 is 5.32 Å². The zero-order valence-corrected chi connectivity index (χ0v) is 13.1. The molecule has 2 nitrogen and oxygen atoms in total. The molecule has 1 heterocycles. The molecule has 1 aromatic carbocycles. The summed E-state index contributed by atoms with van der Waals surface area (Å²) >= 11 is 6.17. The Labute approximate surface area is 130 Å². The third-order valence-corrected chi connectivity index (χ3v) is 4.06. The maximum atomic E-state index is 13.8. The number of nitrogens with zero attached hydrogens (tertiary/aromatic N) is 1. The van der Waals surface area contributed by atoms with Gasteiger partial charge in [-0.25, -0.2) is 4.39 Å². The van der Waals surface area contributed by atoms with Gasteiger partial charge in [-0.2, -0.15) is 0 Å². The van der Waals surface area contributed by atoms with Crippen molar-refractivity contribution >= 4 is 11.6 Å². The Hall–Kier alpha value is -1.45. The molecular formula is C17H20ClFN2. The van der Waals surface area contributed by atoms with Crippen LogP contribution in [0.4, 0.5) is 4.39 Å². The van der Waals surface area contributed by atoms with Crippen molar-refractivity contribution in [1.29, 1.82) is 0 Å². The maximum absolute atomic E-state index is 13.8. The second-order valence-electron chi connectivity index (χ2n) is 5.14. The van der Waals surface area contributed by atoms with Crippen LogP contribution in [0.15, 0.2) is 42.7 Å². The highest BCUT2D eigenvalue weighted by molar-refractivity contribution is 6.31. The predicted molar refractivity (Wildman–Crippen MR) is 85.1 cm³/mol. The highest BCUT2D eigenvalue weighted by Gasteiger charge is 2.23. The fourth-order valence-electron chi connectivity index (χ4n) is 2.48. The summed E-state index contributed by atoms with van der Waals surface area (Å²) in [7, 11) is 0. The fraction of sp³-hybridized carbons (Fsp3) is 0.353. The van der Waals surface area contributed by atoms with Crippen LogP contribution >= 0.6 is 11.6 Å². The molecule has 0 aliphatic heterocycles. The minimum Gasteiger partial charge on any atom is -0.309 e. The van der Waals surface area contributed by atoms with Crippen LogP contribution in [-0.2, 0) is 0 Å². The van der Waals surface area contributed by atoms with E-state index in [0.717, 1.165) is 24.1 Å². The number of benzene rings is 1. The topological polar surface area (TPSA) is 24.9 Å². The Kier molecular flexibility index (Phi) is 5.71. The lowest BCUT2D eigenvalue weighted by Gasteiger charge is -2.27. The van der Waals surface area contributed by atoms with E-state index < -0.39 is 0 Å². The van der Waals surface area contributed by atoms with Gasteiger partial charge in [0.15, 0.2) is 0 Å². The molecular weight excluding hydrogens is 287 g/mol. The van der Waals surface area contributed by atoms with E-state index >= 15 is 0 Å². The van der Waals surface area contributed by atoms with E-state index in [1.807, 2.05) is 18.2 Å². The molecule has 0 bridgehead atoms. The van der Waals surface area contributed by atoms with Crippen LogP contribution in [0.1, 0.15) is 43.4 Å². The molecule has 21 heavy (non-hydrogen) atoms. The molecule has 2 unspecified atom stereocenters. The van der Waals surface area contributed by atoms with E-state index in [4.69, 9.17) is 11.6 Å². The van der Waals surface area contributed by atoms with Crippen molar-refractivity contribution in [2.75, 3.05) is 6.54 Å². The van der Waals surface area contributed by atoms with Crippen LogP contribution in [0.3, 0.4) is 0 Å². The van der Waals surface area contributed by atoms with Crippen molar-refractivity contribution in [3.63, 3.8) is 0 Å². The first-order valence-electron chi connectivity index (χ1n) is 7.22. The van der Waals surface area contributed by atoms with Gasteiger partial charge in [0.05, 0.1) is 5.02 Å². The van der Waals surface area contributed by atoms with Crippen LogP contribution in [0, 0.1) is 5.82 Å². The third kappa shape index (κ3) is 3.80. The molecule has 0 amide bonds. The average molecular weight is 307 g/mol. The minimum atomic E-state index is -0.376. The Bertz CT molecular complexity index is 574. The molecule has 4 heteroatoms. The number of rotatable bonds is 6. The second kappa shape index (κ2) is 7.53. The van der Waals surface area contributed by atoms with Crippen molar-refractivity contribution < 1.29 is 4.39 Å². The van der Waals surface area contributed by atoms with Crippen molar-refractivity contribution in [2.24, 2.45) is 0 Å². The molecule has 0 spiro atoms. The van der Waals surface area contributed by atoms with Crippen molar-refractivity contribution in [3.05, 3.63) is 64.7 Å². The van der Waals surface area contributed by atoms with E-state index in [-0.39, 0.29) is 22.8 Å². The monoisotopic (exact) mass is 306 g/mol. The van der Waals surface area contributed by atoms with Gasteiger partial charge in [-0.15, -0.1) is 0 Å². The predicted octanol–water partition coefficient (Wildman–Crippen LogP) is 4.72. The minimum absolute atomic E-state index is 0.0319. The van der Waals surface area contributed by atoms with Crippen LogP contribution in [0.5, 0.6) is 0 Å². The lowest BCUT2D eigenvalue weighted by Crippen LogP contribution is -2.27. The summed E-state index contributed by atoms with van der Waals surface area (Å²) in [6.45, 7) is 5.07. The summed E-state index contributed by atoms with van der Waals surface area (Å²) in [4.78, 5) is 4.05. The van der Waals surface area contributed by atoms with Crippen LogP contribution in [0.25, 0.3) is 0 Å². The Morgan fingerprint density at radius 3 is 2.62 bits per heavy atom. The third-order valence-electron chi connectivity index (χ3n) is 3.66. The standard InChI is InChI=1S/C17H20ClFN2/c1-3-9-21-17(12(2)13-7-10-20-11-8-13)14-5-4-6-15(19)16(14)18/h4-8,10-12,17,21H,3,9H2,1-2H3. The van der Waals surface area contributed by atoms with Gasteiger partial charge in [-0.05, 0) is 42.3 Å². The molecule has 0 saturated carbocycles. The quantitative estimate of drug-likeness (QED) is 0.835. The molecule has 112 valence electrons. The van der Waals surface area contributed by atoms with Crippen molar-refractivity contribution in [2.45, 2.75) is 32.2 Å². The van der Waals surface area contributed by atoms with E-state index in [1.54, 1.807) is 18.5 Å². The van der Waals surface area contributed by atoms with Gasteiger partial charge in [0.2, 0.25) is 0 Å². The smallest absolute Gasteiger partial charge is 0.142 e. The average Bonchev–Trinajstić information content (AvgIpc) is 2.52. The van der Waals surface area contributed by atoms with Gasteiger partial charge in [0.1, 0.15) is 5.82 Å². The fourth-order valence-corrected chi connectivity index (χ4v) is 2.72. The highest BCUT2D eigenvalue weighted by atomic mass is 35.5. The first-order chi connectivity index (χ1) is 10.1. The number of hydrogen-bond donors (Lipinski definition) is 1. The van der Waals surface area contributed by atoms with Gasteiger partial charge >= 0.3 is 0 Å². The zero-order valence-electron chi connectivity index (χ0n) is 12.3. The van der Waals surface area contributed by atoms with E-state index in [2.05, 4.69) is 24.1 Å². The van der Waals surface area contributed by atoms with Gasteiger partial charge in [0, 0.05) is 24.4 Å². The lowest BCUT2D eigenvalue weighted by molar-refractivity contribution is 0.463. The van der Waals surface area contributed by atoms with Gasteiger partial charge in [-0.1, -0.05) is 37.6 Å². The van der Waals surface area contributed by atoms with Gasteiger partial charge in [0.25, 0.3) is 0 Å². The highest BCUT2D eigenvalue weighted by Crippen LogP contribution is 2.35. The first-order valence-corrected chi connectivity index (χ1v) is 7.60. The number of aromatic nitrogens is 1. The van der Waals surface area contributed by atoms with Gasteiger partial charge < -0.3 is 5.32 Å². The molecule has 1 N–H and O–H groups in total. The molecule has 2 rings (SSSR count). The Morgan fingerprint density at radius 2 is 1.95 bits per heavy atom. The van der Waals surface area contributed by atoms with E-state index in [1.165, 1.54) is 6.07 Å². The van der Waals surface area contributed by atoms with Gasteiger partial charge in [-0.3, -0.25) is 4.98 Å². The Balaban J connectivity index is 2.36. The summed E-state index contributed by atoms with van der Waals surface area (Å²) in [5.74, 6) is -0.210. The molecule has 0 fully saturated rings. The number of halogens is 2. The first kappa shape index (κ1) is 15.9. The molecule has 0 aliphatic carbocycles. The summed E-state index contributed by atoms with van der Waals surface area (Å²) in [5.41, 5.74) is 1.95. The van der Waals surface area contributed by atoms with E-state index in [0.29, 0.717) is 0 Å². The normalized spacial score (nSPS) is 13.9. The largest absolute Gasteiger partial charge is 0.309 e. The van der Waals surface area contributed by atoms with Crippen LogP contribution in [0.2, 0.25) is 5.02 Å². The Morgan fingerprint density at radius 1 is 1.24 bits per heavy atom. The number of hydrogen-bond acceptors (Lipinski definition) is 2. The molecule has 0 radical (unpaired) electrons. The molecule has 0 saturated heterocycles. The summed E-state index contributed by atoms with van der Waals surface area (Å²) in [6, 6.07) is 8.92. The molecule has 2 aromatic rings. The van der Waals surface area contributed by atoms with E-state index in [9.17, 15) is 4.39 Å². The number of nitrogens with one attached hydrogen (secondary N) is 1. The molecule has 0 aliphatic rings. The second-order valence-corrected chi connectivity index (χ2v) is 5.52. The molecule has 1 aromatic heterocycles. The summed E-state index contributed by atoms with van der Waals surface area (Å²) in [5, 5.41) is 3.68. The summed E-state index contributed by atoms with van der Waals surface area (Å²) in [6.07, 6.45) is 4.55. The number of pyridine rings is 1. The van der Waals surface area contributed by atoms with Crippen molar-refractivity contribution in [3.8, 4) is 0 Å². The SMILES string of the molecule is CCCNC(c1cccc(F)c1Cl)C(C)c1ccncc1.